The molecule has 0 radical (unpaired) electrons. The van der Waals surface area contributed by atoms with Gasteiger partial charge in [-0.15, -0.1) is 0 Å². The monoisotopic (exact) mass is 651 g/mol. The highest BCUT2D eigenvalue weighted by atomic mass is 79.9. The minimum atomic E-state index is -3.45. The first kappa shape index (κ1) is 30.2. The molecule has 1 N–H and O–H groups in total. The molecule has 13 heteroatoms. The first-order valence-corrected chi connectivity index (χ1v) is 14.9. The van der Waals surface area contributed by atoms with Gasteiger partial charge in [-0.2, -0.15) is 0 Å². The number of amides is 1. The predicted molar refractivity (Wildman–Crippen MR) is 133 cm³/mol. The lowest BCUT2D eigenvalue weighted by molar-refractivity contribution is -0.155. The van der Waals surface area contributed by atoms with E-state index < -0.39 is 44.7 Å². The lowest BCUT2D eigenvalue weighted by atomic mass is 10.0. The summed E-state index contributed by atoms with van der Waals surface area (Å²) in [7, 11) is -3.45. The maximum absolute atomic E-state index is 12.4. The van der Waals surface area contributed by atoms with E-state index in [4.69, 9.17) is 32.7 Å². The van der Waals surface area contributed by atoms with E-state index in [0.29, 0.717) is 29.1 Å². The van der Waals surface area contributed by atoms with Gasteiger partial charge < -0.3 is 14.8 Å². The SMILES string of the molecule is CS(=O)(=O)c1ccc([C@@H](OC(=O)CCCBr)[C@@H](COC(=O)CCCBr)NC(=O)C(Cl)Cl)cc1. The number of benzene rings is 1. The number of halogens is 4. The van der Waals surface area contributed by atoms with Crippen LogP contribution in [0.1, 0.15) is 37.4 Å². The molecule has 1 amide bonds. The summed E-state index contributed by atoms with van der Waals surface area (Å²) in [4.78, 5) is 35.3. The van der Waals surface area contributed by atoms with E-state index in [1.807, 2.05) is 0 Å². The fourth-order valence-corrected chi connectivity index (χ4v) is 3.93. The van der Waals surface area contributed by atoms with E-state index in [1.54, 1.807) is 0 Å². The molecular weight excluding hydrogens is 629 g/mol. The minimum absolute atomic E-state index is 0.0685. The number of nitrogens with one attached hydrogen (secondary N) is 1. The quantitative estimate of drug-likeness (QED) is 0.240. The molecule has 0 bridgehead atoms. The summed E-state index contributed by atoms with van der Waals surface area (Å²) in [6.07, 6.45) is 1.29. The zero-order chi connectivity index (χ0) is 25.0. The van der Waals surface area contributed by atoms with Crippen molar-refractivity contribution >= 4 is 82.7 Å². The maximum Gasteiger partial charge on any atom is 0.306 e. The highest BCUT2D eigenvalue weighted by molar-refractivity contribution is 9.09. The van der Waals surface area contributed by atoms with Gasteiger partial charge in [0.2, 0.25) is 0 Å². The van der Waals surface area contributed by atoms with E-state index in [2.05, 4.69) is 37.2 Å². The summed E-state index contributed by atoms with van der Waals surface area (Å²) in [5.74, 6) is -1.82. The van der Waals surface area contributed by atoms with Crippen LogP contribution in [0.4, 0.5) is 0 Å². The van der Waals surface area contributed by atoms with Crippen LogP contribution in [0.2, 0.25) is 0 Å². The van der Waals surface area contributed by atoms with Crippen molar-refractivity contribution in [3.63, 3.8) is 0 Å². The molecule has 0 unspecified atom stereocenters. The van der Waals surface area contributed by atoms with Crippen molar-refractivity contribution in [1.82, 2.24) is 5.32 Å². The molecule has 0 aliphatic carbocycles. The van der Waals surface area contributed by atoms with E-state index in [1.165, 1.54) is 24.3 Å². The van der Waals surface area contributed by atoms with E-state index in [9.17, 15) is 22.8 Å². The average Bonchev–Trinajstić information content (AvgIpc) is 2.76. The normalized spacial score (nSPS) is 13.3. The van der Waals surface area contributed by atoms with Gasteiger partial charge in [-0.1, -0.05) is 67.2 Å². The Morgan fingerprint density at radius 1 is 1.00 bits per heavy atom. The molecule has 0 aromatic heterocycles. The zero-order valence-corrected chi connectivity index (χ0v) is 23.3. The smallest absolute Gasteiger partial charge is 0.306 e. The van der Waals surface area contributed by atoms with Crippen LogP contribution in [-0.2, 0) is 33.7 Å². The summed E-state index contributed by atoms with van der Waals surface area (Å²) in [5.41, 5.74) is 0.386. The summed E-state index contributed by atoms with van der Waals surface area (Å²) in [6, 6.07) is 4.61. The number of sulfone groups is 1. The largest absolute Gasteiger partial charge is 0.463 e. The van der Waals surface area contributed by atoms with Crippen LogP contribution in [-0.4, -0.2) is 60.7 Å². The van der Waals surface area contributed by atoms with Gasteiger partial charge in [-0.25, -0.2) is 8.42 Å². The molecule has 0 saturated carbocycles. The van der Waals surface area contributed by atoms with Crippen molar-refractivity contribution in [2.24, 2.45) is 0 Å². The number of carbonyl (C=O) groups excluding carboxylic acids is 3. The van der Waals surface area contributed by atoms with Crippen molar-refractivity contribution < 1.29 is 32.3 Å². The van der Waals surface area contributed by atoms with Crippen LogP contribution in [0.25, 0.3) is 0 Å². The predicted octanol–water partition coefficient (Wildman–Crippen LogP) is 3.86. The van der Waals surface area contributed by atoms with Gasteiger partial charge >= 0.3 is 11.9 Å². The van der Waals surface area contributed by atoms with Crippen molar-refractivity contribution in [3.05, 3.63) is 29.8 Å². The maximum atomic E-state index is 12.4. The van der Waals surface area contributed by atoms with Crippen molar-refractivity contribution in [3.8, 4) is 0 Å². The Hall–Kier alpha value is -0.880. The molecule has 2 atom stereocenters. The van der Waals surface area contributed by atoms with E-state index in [-0.39, 0.29) is 24.3 Å². The molecule has 0 heterocycles. The summed E-state index contributed by atoms with van der Waals surface area (Å²) in [5, 5.41) is 3.74. The number of hydrogen-bond donors (Lipinski definition) is 1. The lowest BCUT2D eigenvalue weighted by Gasteiger charge is -2.28. The molecule has 1 rings (SSSR count). The summed E-state index contributed by atoms with van der Waals surface area (Å²) < 4.78 is 34.5. The molecular formula is C20H25Br2Cl2NO7S. The standard InChI is InChI=1S/C20H25Br2Cl2NO7S/c1-33(29,30)14-8-6-13(7-9-14)18(32-17(27)5-3-11-22)15(25-20(28)19(23)24)12-31-16(26)4-2-10-21/h6-9,15,18-19H,2-5,10-12H2,1H3,(H,25,28)/t15-,18-/m1/s1. The molecule has 1 aromatic rings. The number of alkyl halides is 4. The number of carbonyl (C=O) groups is 3. The molecule has 1 aromatic carbocycles. The first-order valence-electron chi connectivity index (χ1n) is 9.85. The number of hydrogen-bond acceptors (Lipinski definition) is 7. The third-order valence-corrected chi connectivity index (χ3v) is 6.89. The molecule has 0 saturated heterocycles. The van der Waals surface area contributed by atoms with Gasteiger partial charge in [-0.05, 0) is 30.5 Å². The Kier molecular flexibility index (Phi) is 13.9. The van der Waals surface area contributed by atoms with Gasteiger partial charge in [0.15, 0.2) is 20.8 Å². The summed E-state index contributed by atoms with van der Waals surface area (Å²) in [6.45, 7) is -0.322. The molecule has 33 heavy (non-hydrogen) atoms. The number of rotatable bonds is 14. The van der Waals surface area contributed by atoms with Crippen molar-refractivity contribution in [1.29, 1.82) is 0 Å². The van der Waals surface area contributed by atoms with Gasteiger partial charge in [0.25, 0.3) is 5.91 Å². The van der Waals surface area contributed by atoms with Crippen LogP contribution in [0.15, 0.2) is 29.2 Å². The fourth-order valence-electron chi connectivity index (χ4n) is 2.62. The molecule has 186 valence electrons. The summed E-state index contributed by atoms with van der Waals surface area (Å²) >= 11 is 17.8. The van der Waals surface area contributed by atoms with Gasteiger partial charge in [-0.3, -0.25) is 14.4 Å². The van der Waals surface area contributed by atoms with Crippen LogP contribution in [0.3, 0.4) is 0 Å². The van der Waals surface area contributed by atoms with Crippen LogP contribution in [0.5, 0.6) is 0 Å². The van der Waals surface area contributed by atoms with E-state index >= 15 is 0 Å². The average molecular weight is 654 g/mol. The van der Waals surface area contributed by atoms with Crippen LogP contribution >= 0.6 is 55.1 Å². The van der Waals surface area contributed by atoms with Crippen LogP contribution < -0.4 is 5.32 Å². The second-order valence-corrected chi connectivity index (χ2v) is 11.6. The highest BCUT2D eigenvalue weighted by Gasteiger charge is 2.31. The Bertz CT molecular complexity index is 898. The minimum Gasteiger partial charge on any atom is -0.463 e. The molecule has 0 aliphatic rings. The Morgan fingerprint density at radius 3 is 2.03 bits per heavy atom. The second-order valence-electron chi connectivity index (χ2n) is 6.94. The highest BCUT2D eigenvalue weighted by Crippen LogP contribution is 2.25. The lowest BCUT2D eigenvalue weighted by Crippen LogP contribution is -2.46. The Balaban J connectivity index is 3.26. The molecule has 0 aliphatic heterocycles. The van der Waals surface area contributed by atoms with Crippen molar-refractivity contribution in [2.75, 3.05) is 23.5 Å². The third kappa shape index (κ3) is 11.4. The number of ether oxygens (including phenoxy) is 2. The van der Waals surface area contributed by atoms with Gasteiger partial charge in [0.1, 0.15) is 12.6 Å². The molecule has 0 fully saturated rings. The van der Waals surface area contributed by atoms with Gasteiger partial charge in [0, 0.05) is 29.8 Å². The second kappa shape index (κ2) is 15.2. The zero-order valence-electron chi connectivity index (χ0n) is 17.8. The fraction of sp³-hybridized carbons (Fsp3) is 0.550. The molecule has 0 spiro atoms. The molecule has 8 nitrogen and oxygen atoms in total. The Morgan fingerprint density at radius 2 is 1.55 bits per heavy atom. The topological polar surface area (TPSA) is 116 Å². The first-order chi connectivity index (χ1) is 15.5. The van der Waals surface area contributed by atoms with Crippen molar-refractivity contribution in [2.45, 2.75) is 47.6 Å². The third-order valence-electron chi connectivity index (χ3n) is 4.24. The number of esters is 2. The van der Waals surface area contributed by atoms with E-state index in [0.717, 1.165) is 6.26 Å². The van der Waals surface area contributed by atoms with Crippen LogP contribution in [0, 0.1) is 0 Å². The van der Waals surface area contributed by atoms with Gasteiger partial charge in [0.05, 0.1) is 4.90 Å². The Labute approximate surface area is 220 Å².